The summed E-state index contributed by atoms with van der Waals surface area (Å²) >= 11 is 1.63. The maximum atomic E-state index is 12.3. The number of ether oxygens (including phenoxy) is 1. The molecule has 104 valence electrons. The molecule has 19 heavy (non-hydrogen) atoms. The summed E-state index contributed by atoms with van der Waals surface area (Å²) in [6, 6.07) is 2.99. The van der Waals surface area contributed by atoms with Crippen molar-refractivity contribution in [3.63, 3.8) is 0 Å². The standard InChI is InChI=1S/C13H17NO4S/c1-17-13(16)10-4-3-7-14(10)12(15)11-6-5-9(18-11)8-19-2/h5-6,10H,3-4,7-8H2,1-2H3. The second-order valence-corrected chi connectivity index (χ2v) is 5.24. The molecule has 0 aliphatic carbocycles. The van der Waals surface area contributed by atoms with Crippen LogP contribution in [-0.2, 0) is 15.3 Å². The van der Waals surface area contributed by atoms with Gasteiger partial charge in [0, 0.05) is 6.54 Å². The first-order valence-electron chi connectivity index (χ1n) is 6.13. The van der Waals surface area contributed by atoms with E-state index in [1.807, 2.05) is 6.26 Å². The van der Waals surface area contributed by atoms with E-state index in [1.165, 1.54) is 12.0 Å². The predicted octanol–water partition coefficient (Wildman–Crippen LogP) is 1.92. The van der Waals surface area contributed by atoms with Gasteiger partial charge in [-0.2, -0.15) is 11.8 Å². The number of rotatable bonds is 4. The fourth-order valence-electron chi connectivity index (χ4n) is 2.25. The fourth-order valence-corrected chi connectivity index (χ4v) is 2.68. The number of methoxy groups -OCH3 is 1. The van der Waals surface area contributed by atoms with E-state index in [0.717, 1.165) is 17.9 Å². The maximum Gasteiger partial charge on any atom is 0.328 e. The molecule has 0 N–H and O–H groups in total. The third-order valence-electron chi connectivity index (χ3n) is 3.15. The van der Waals surface area contributed by atoms with Gasteiger partial charge in [-0.25, -0.2) is 4.79 Å². The molecule has 0 aromatic carbocycles. The van der Waals surface area contributed by atoms with E-state index < -0.39 is 6.04 Å². The number of likely N-dealkylation sites (tertiary alicyclic amines) is 1. The molecule has 2 heterocycles. The highest BCUT2D eigenvalue weighted by Gasteiger charge is 2.36. The summed E-state index contributed by atoms with van der Waals surface area (Å²) in [5, 5.41) is 0. The minimum Gasteiger partial charge on any atom is -0.467 e. The molecule has 5 nitrogen and oxygen atoms in total. The van der Waals surface area contributed by atoms with Gasteiger partial charge in [0.15, 0.2) is 5.76 Å². The molecule has 1 saturated heterocycles. The molecule has 1 atom stereocenters. The topological polar surface area (TPSA) is 59.8 Å². The van der Waals surface area contributed by atoms with Gasteiger partial charge in [-0.1, -0.05) is 0 Å². The average molecular weight is 283 g/mol. The van der Waals surface area contributed by atoms with Crippen LogP contribution < -0.4 is 0 Å². The Hall–Kier alpha value is -1.43. The minimum absolute atomic E-state index is 0.236. The summed E-state index contributed by atoms with van der Waals surface area (Å²) < 4.78 is 10.2. The Labute approximate surface area is 116 Å². The van der Waals surface area contributed by atoms with Gasteiger partial charge in [0.2, 0.25) is 0 Å². The van der Waals surface area contributed by atoms with Crippen LogP contribution >= 0.6 is 11.8 Å². The molecule has 6 heteroatoms. The molecular weight excluding hydrogens is 266 g/mol. The van der Waals surface area contributed by atoms with Gasteiger partial charge >= 0.3 is 5.97 Å². The van der Waals surface area contributed by atoms with Crippen molar-refractivity contribution < 1.29 is 18.7 Å². The summed E-state index contributed by atoms with van der Waals surface area (Å²) in [7, 11) is 1.34. The van der Waals surface area contributed by atoms with Crippen molar-refractivity contribution in [2.45, 2.75) is 24.6 Å². The molecule has 2 rings (SSSR count). The number of carbonyl (C=O) groups is 2. The van der Waals surface area contributed by atoms with Crippen molar-refractivity contribution in [2.24, 2.45) is 0 Å². The molecule has 1 aliphatic rings. The van der Waals surface area contributed by atoms with Crippen LogP contribution in [0.5, 0.6) is 0 Å². The van der Waals surface area contributed by atoms with Crippen molar-refractivity contribution in [2.75, 3.05) is 19.9 Å². The van der Waals surface area contributed by atoms with Crippen LogP contribution in [0.2, 0.25) is 0 Å². The van der Waals surface area contributed by atoms with Crippen LogP contribution in [0.25, 0.3) is 0 Å². The molecule has 0 saturated carbocycles. The number of carbonyl (C=O) groups excluding carboxylic acids is 2. The molecule has 0 bridgehead atoms. The van der Waals surface area contributed by atoms with Gasteiger partial charge in [0.1, 0.15) is 11.8 Å². The van der Waals surface area contributed by atoms with Crippen LogP contribution in [0.4, 0.5) is 0 Å². The van der Waals surface area contributed by atoms with Crippen LogP contribution in [0.15, 0.2) is 16.5 Å². The number of hydrogen-bond acceptors (Lipinski definition) is 5. The summed E-state index contributed by atoms with van der Waals surface area (Å²) in [4.78, 5) is 25.5. The van der Waals surface area contributed by atoms with Crippen LogP contribution in [0.1, 0.15) is 29.2 Å². The number of esters is 1. The normalized spacial score (nSPS) is 18.6. The fraction of sp³-hybridized carbons (Fsp3) is 0.538. The van der Waals surface area contributed by atoms with E-state index >= 15 is 0 Å². The number of hydrogen-bond donors (Lipinski definition) is 0. The van der Waals surface area contributed by atoms with E-state index in [0.29, 0.717) is 18.7 Å². The zero-order valence-electron chi connectivity index (χ0n) is 11.0. The molecule has 1 aromatic rings. The van der Waals surface area contributed by atoms with Crippen LogP contribution in [0, 0.1) is 0 Å². The van der Waals surface area contributed by atoms with Crippen molar-refractivity contribution in [3.05, 3.63) is 23.7 Å². The van der Waals surface area contributed by atoms with E-state index in [1.54, 1.807) is 23.9 Å². The maximum absolute atomic E-state index is 12.3. The zero-order valence-corrected chi connectivity index (χ0v) is 11.9. The van der Waals surface area contributed by atoms with Gasteiger partial charge in [-0.15, -0.1) is 0 Å². The van der Waals surface area contributed by atoms with Crippen LogP contribution in [0.3, 0.4) is 0 Å². The monoisotopic (exact) mass is 283 g/mol. The quantitative estimate of drug-likeness (QED) is 0.790. The highest BCUT2D eigenvalue weighted by atomic mass is 32.2. The van der Waals surface area contributed by atoms with Gasteiger partial charge in [-0.3, -0.25) is 4.79 Å². The average Bonchev–Trinajstić information content (AvgIpc) is 3.06. The van der Waals surface area contributed by atoms with E-state index in [9.17, 15) is 9.59 Å². The SMILES string of the molecule is COC(=O)C1CCCN1C(=O)c1ccc(CSC)o1. The molecule has 1 unspecified atom stereocenters. The highest BCUT2D eigenvalue weighted by Crippen LogP contribution is 2.22. The lowest BCUT2D eigenvalue weighted by Crippen LogP contribution is -2.40. The van der Waals surface area contributed by atoms with Crippen molar-refractivity contribution in [1.82, 2.24) is 4.90 Å². The van der Waals surface area contributed by atoms with Gasteiger partial charge in [0.05, 0.1) is 12.9 Å². The summed E-state index contributed by atoms with van der Waals surface area (Å²) in [5.74, 6) is 1.19. The number of nitrogens with zero attached hydrogens (tertiary/aromatic N) is 1. The van der Waals surface area contributed by atoms with Gasteiger partial charge < -0.3 is 14.1 Å². The van der Waals surface area contributed by atoms with Crippen LogP contribution in [-0.4, -0.2) is 42.7 Å². The number of thioether (sulfide) groups is 1. The third kappa shape index (κ3) is 2.94. The molecule has 1 amide bonds. The summed E-state index contributed by atoms with van der Waals surface area (Å²) in [6.07, 6.45) is 3.43. The van der Waals surface area contributed by atoms with Gasteiger partial charge in [0.25, 0.3) is 5.91 Å². The van der Waals surface area contributed by atoms with Crippen molar-refractivity contribution in [1.29, 1.82) is 0 Å². The number of furan rings is 1. The Morgan fingerprint density at radius 3 is 3.00 bits per heavy atom. The smallest absolute Gasteiger partial charge is 0.328 e. The lowest BCUT2D eigenvalue weighted by atomic mass is 10.2. The van der Waals surface area contributed by atoms with Crippen molar-refractivity contribution in [3.8, 4) is 0 Å². The molecule has 0 spiro atoms. The largest absolute Gasteiger partial charge is 0.467 e. The predicted molar refractivity (Wildman–Crippen MR) is 72.0 cm³/mol. The Morgan fingerprint density at radius 2 is 2.32 bits per heavy atom. The first kappa shape index (κ1) is 14.0. The highest BCUT2D eigenvalue weighted by molar-refractivity contribution is 7.97. The second kappa shape index (κ2) is 6.14. The summed E-state index contributed by atoms with van der Waals surface area (Å²) in [6.45, 7) is 0.567. The van der Waals surface area contributed by atoms with Gasteiger partial charge in [-0.05, 0) is 31.2 Å². The zero-order chi connectivity index (χ0) is 13.8. The second-order valence-electron chi connectivity index (χ2n) is 4.38. The number of amides is 1. The first-order chi connectivity index (χ1) is 9.17. The Kier molecular flexibility index (Phi) is 4.52. The van der Waals surface area contributed by atoms with E-state index in [4.69, 9.17) is 9.15 Å². The van der Waals surface area contributed by atoms with Crippen molar-refractivity contribution >= 4 is 23.6 Å². The molecule has 1 fully saturated rings. The Morgan fingerprint density at radius 1 is 1.53 bits per heavy atom. The van der Waals surface area contributed by atoms with E-state index in [-0.39, 0.29) is 11.9 Å². The Balaban J connectivity index is 2.11. The molecule has 1 aliphatic heterocycles. The summed E-state index contributed by atoms with van der Waals surface area (Å²) in [5.41, 5.74) is 0. The third-order valence-corrected chi connectivity index (χ3v) is 3.72. The molecular formula is C13H17NO4S. The first-order valence-corrected chi connectivity index (χ1v) is 7.53. The lowest BCUT2D eigenvalue weighted by molar-refractivity contribution is -0.145. The minimum atomic E-state index is -0.480. The lowest BCUT2D eigenvalue weighted by Gasteiger charge is -2.21. The molecule has 1 aromatic heterocycles. The Bertz CT molecular complexity index is 471. The molecule has 0 radical (unpaired) electrons. The van der Waals surface area contributed by atoms with E-state index in [2.05, 4.69) is 0 Å².